The summed E-state index contributed by atoms with van der Waals surface area (Å²) in [7, 11) is 1.28. The fourth-order valence-corrected chi connectivity index (χ4v) is 1.99. The summed E-state index contributed by atoms with van der Waals surface area (Å²) in [5, 5.41) is 7.21. The van der Waals surface area contributed by atoms with Crippen LogP contribution >= 0.6 is 11.5 Å². The number of hydrogen-bond donors (Lipinski definition) is 2. The molecule has 0 saturated carbocycles. The number of nitrogens with two attached hydrogens (primary N) is 1. The van der Waals surface area contributed by atoms with Crippen LogP contribution in [0.3, 0.4) is 0 Å². The zero-order valence-corrected chi connectivity index (χ0v) is 10.6. The van der Waals surface area contributed by atoms with E-state index in [1.165, 1.54) is 7.11 Å². The first kappa shape index (κ1) is 12.3. The first-order valence-corrected chi connectivity index (χ1v) is 5.75. The van der Waals surface area contributed by atoms with Crippen LogP contribution in [0, 0.1) is 6.92 Å². The van der Waals surface area contributed by atoms with Crippen molar-refractivity contribution in [1.82, 2.24) is 14.5 Å². The molecule has 0 saturated heterocycles. The largest absolute Gasteiger partial charge is 0.465 e. The Labute approximate surface area is 106 Å². The Morgan fingerprint density at radius 1 is 1.61 bits per heavy atom. The monoisotopic (exact) mass is 269 g/mol. The summed E-state index contributed by atoms with van der Waals surface area (Å²) in [4.78, 5) is 15.5. The van der Waals surface area contributed by atoms with Gasteiger partial charge in [-0.05, 0) is 11.5 Å². The third-order valence-corrected chi connectivity index (χ3v) is 2.90. The lowest BCUT2D eigenvalue weighted by molar-refractivity contribution is 0.0603. The number of rotatable bonds is 4. The Bertz CT molecular complexity index is 564. The predicted octanol–water partition coefficient (Wildman–Crippen LogP) is 0.815. The molecular weight excluding hydrogens is 258 g/mol. The molecule has 0 radical (unpaired) electrons. The Balaban J connectivity index is 2.12. The van der Waals surface area contributed by atoms with Gasteiger partial charge in [-0.3, -0.25) is 0 Å². The van der Waals surface area contributed by atoms with Gasteiger partial charge < -0.3 is 20.3 Å². The second kappa shape index (κ2) is 5.00. The van der Waals surface area contributed by atoms with Crippen LogP contribution in [0.15, 0.2) is 4.52 Å². The number of nitrogen functional groups attached to an aromatic ring is 1. The minimum absolute atomic E-state index is 0.138. The van der Waals surface area contributed by atoms with Gasteiger partial charge in [-0.1, -0.05) is 5.16 Å². The summed E-state index contributed by atoms with van der Waals surface area (Å²) in [6, 6.07) is 0. The van der Waals surface area contributed by atoms with Gasteiger partial charge in [0.1, 0.15) is 10.6 Å². The molecule has 0 spiro atoms. The molecular formula is C9H11N5O3S. The minimum atomic E-state index is -0.534. The van der Waals surface area contributed by atoms with Gasteiger partial charge >= 0.3 is 5.97 Å². The van der Waals surface area contributed by atoms with Crippen LogP contribution in [0.2, 0.25) is 0 Å². The van der Waals surface area contributed by atoms with Crippen LogP contribution in [-0.4, -0.2) is 27.6 Å². The average Bonchev–Trinajstić information content (AvgIpc) is 2.92. The molecule has 2 aromatic heterocycles. The Hall–Kier alpha value is -2.16. The van der Waals surface area contributed by atoms with Crippen LogP contribution in [0.5, 0.6) is 0 Å². The zero-order chi connectivity index (χ0) is 13.1. The first-order valence-electron chi connectivity index (χ1n) is 4.98. The number of methoxy groups -OCH3 is 1. The molecule has 0 aliphatic carbocycles. The van der Waals surface area contributed by atoms with Gasteiger partial charge in [-0.2, -0.15) is 9.36 Å². The van der Waals surface area contributed by atoms with E-state index in [1.54, 1.807) is 6.92 Å². The van der Waals surface area contributed by atoms with E-state index in [2.05, 4.69) is 24.6 Å². The Morgan fingerprint density at radius 2 is 2.39 bits per heavy atom. The van der Waals surface area contributed by atoms with E-state index in [-0.39, 0.29) is 11.4 Å². The van der Waals surface area contributed by atoms with E-state index in [0.29, 0.717) is 23.3 Å². The van der Waals surface area contributed by atoms with E-state index in [4.69, 9.17) is 10.3 Å². The molecule has 9 heteroatoms. The van der Waals surface area contributed by atoms with E-state index >= 15 is 0 Å². The lowest BCUT2D eigenvalue weighted by Crippen LogP contribution is -2.08. The molecule has 8 nitrogen and oxygen atoms in total. The number of carbonyl (C=O) groups is 1. The maximum atomic E-state index is 11.5. The van der Waals surface area contributed by atoms with Crippen LogP contribution < -0.4 is 11.1 Å². The highest BCUT2D eigenvalue weighted by molar-refractivity contribution is 7.11. The standard InChI is InChI=1S/C9H11N5O3S/c1-4-12-5(13-17-4)3-11-8-6(9(15)16-2)7(10)14-18-8/h11H,3H2,1-2H3,(H2,10,14). The highest BCUT2D eigenvalue weighted by atomic mass is 32.1. The molecule has 3 N–H and O–H groups in total. The number of anilines is 2. The van der Waals surface area contributed by atoms with Crippen LogP contribution in [0.4, 0.5) is 10.8 Å². The topological polar surface area (TPSA) is 116 Å². The highest BCUT2D eigenvalue weighted by Gasteiger charge is 2.20. The number of ether oxygens (including phenoxy) is 1. The third kappa shape index (κ3) is 2.40. The molecule has 0 aliphatic rings. The molecule has 96 valence electrons. The summed E-state index contributed by atoms with van der Waals surface area (Å²) in [5.74, 6) is 0.561. The Kier molecular flexibility index (Phi) is 3.42. The normalized spacial score (nSPS) is 10.3. The van der Waals surface area contributed by atoms with Gasteiger partial charge in [0.2, 0.25) is 5.89 Å². The molecule has 0 fully saturated rings. The maximum absolute atomic E-state index is 11.5. The molecule has 0 aliphatic heterocycles. The number of nitrogens with one attached hydrogen (secondary N) is 1. The summed E-state index contributed by atoms with van der Waals surface area (Å²) >= 11 is 1.07. The lowest BCUT2D eigenvalue weighted by atomic mass is 10.3. The second-order valence-corrected chi connectivity index (χ2v) is 4.12. The highest BCUT2D eigenvalue weighted by Crippen LogP contribution is 2.27. The van der Waals surface area contributed by atoms with Crippen molar-refractivity contribution in [3.8, 4) is 0 Å². The number of esters is 1. The SMILES string of the molecule is COC(=O)c1c(N)nsc1NCc1noc(C)n1. The zero-order valence-electron chi connectivity index (χ0n) is 9.76. The summed E-state index contributed by atoms with van der Waals surface area (Å²) in [5.41, 5.74) is 5.82. The van der Waals surface area contributed by atoms with Crippen molar-refractivity contribution in [3.05, 3.63) is 17.3 Å². The van der Waals surface area contributed by atoms with Crippen molar-refractivity contribution in [2.75, 3.05) is 18.2 Å². The minimum Gasteiger partial charge on any atom is -0.465 e. The number of hydrogen-bond acceptors (Lipinski definition) is 9. The van der Waals surface area contributed by atoms with Gasteiger partial charge in [-0.15, -0.1) is 0 Å². The number of nitrogens with zero attached hydrogens (tertiary/aromatic N) is 3. The molecule has 0 bridgehead atoms. The smallest absolute Gasteiger partial charge is 0.344 e. The van der Waals surface area contributed by atoms with Crippen molar-refractivity contribution in [1.29, 1.82) is 0 Å². The lowest BCUT2D eigenvalue weighted by Gasteiger charge is -2.03. The van der Waals surface area contributed by atoms with Crippen molar-refractivity contribution >= 4 is 28.3 Å². The molecule has 0 amide bonds. The predicted molar refractivity (Wildman–Crippen MR) is 64.2 cm³/mol. The summed E-state index contributed by atoms with van der Waals surface area (Å²) in [6.45, 7) is 2.00. The maximum Gasteiger partial charge on any atom is 0.344 e. The number of carbonyl (C=O) groups excluding carboxylic acids is 1. The third-order valence-electron chi connectivity index (χ3n) is 2.08. The van der Waals surface area contributed by atoms with E-state index < -0.39 is 5.97 Å². The fourth-order valence-electron chi connectivity index (χ4n) is 1.29. The van der Waals surface area contributed by atoms with Crippen molar-refractivity contribution in [2.45, 2.75) is 13.5 Å². The second-order valence-electron chi connectivity index (χ2n) is 3.35. The van der Waals surface area contributed by atoms with Crippen LogP contribution in [-0.2, 0) is 11.3 Å². The van der Waals surface area contributed by atoms with E-state index in [9.17, 15) is 4.79 Å². The molecule has 2 aromatic rings. The van der Waals surface area contributed by atoms with Gasteiger partial charge in [0, 0.05) is 6.92 Å². The van der Waals surface area contributed by atoms with Gasteiger partial charge in [0.15, 0.2) is 11.6 Å². The fraction of sp³-hybridized carbons (Fsp3) is 0.333. The van der Waals surface area contributed by atoms with E-state index in [1.807, 2.05) is 0 Å². The Morgan fingerprint density at radius 3 is 3.00 bits per heavy atom. The number of aryl methyl sites for hydroxylation is 1. The van der Waals surface area contributed by atoms with Crippen LogP contribution in [0.25, 0.3) is 0 Å². The van der Waals surface area contributed by atoms with Crippen molar-refractivity contribution in [3.63, 3.8) is 0 Å². The van der Waals surface area contributed by atoms with Gasteiger partial charge in [-0.25, -0.2) is 4.79 Å². The number of aromatic nitrogens is 3. The summed E-state index contributed by atoms with van der Waals surface area (Å²) < 4.78 is 13.4. The van der Waals surface area contributed by atoms with Crippen molar-refractivity contribution < 1.29 is 14.1 Å². The molecule has 0 atom stereocenters. The molecule has 2 rings (SSSR count). The molecule has 0 aromatic carbocycles. The van der Waals surface area contributed by atoms with Crippen molar-refractivity contribution in [2.24, 2.45) is 0 Å². The van der Waals surface area contributed by atoms with Gasteiger partial charge in [0.05, 0.1) is 13.7 Å². The molecule has 0 unspecified atom stereocenters. The molecule has 2 heterocycles. The van der Waals surface area contributed by atoms with Gasteiger partial charge in [0.25, 0.3) is 0 Å². The average molecular weight is 269 g/mol. The van der Waals surface area contributed by atoms with Crippen LogP contribution in [0.1, 0.15) is 22.1 Å². The molecule has 18 heavy (non-hydrogen) atoms. The van der Waals surface area contributed by atoms with E-state index in [0.717, 1.165) is 11.5 Å². The summed E-state index contributed by atoms with van der Waals surface area (Å²) in [6.07, 6.45) is 0. The quantitative estimate of drug-likeness (QED) is 0.783. The first-order chi connectivity index (χ1) is 8.61.